The van der Waals surface area contributed by atoms with Crippen molar-refractivity contribution in [3.05, 3.63) is 12.2 Å². The SMILES string of the molecule is C=C(C)C(=O)OC1CC2CC1CC21COC(=O)C1. The second-order valence-electron chi connectivity index (χ2n) is 6.06. The molecule has 3 fully saturated rings. The first-order valence-corrected chi connectivity index (χ1v) is 6.52. The molecule has 0 aromatic heterocycles. The molecule has 4 unspecified atom stereocenters. The molecular weight excluding hydrogens is 232 g/mol. The minimum Gasteiger partial charge on any atom is -0.465 e. The van der Waals surface area contributed by atoms with Crippen LogP contribution in [0, 0.1) is 17.3 Å². The number of esters is 2. The molecule has 4 heteroatoms. The lowest BCUT2D eigenvalue weighted by Crippen LogP contribution is -2.35. The summed E-state index contributed by atoms with van der Waals surface area (Å²) in [5.41, 5.74) is 0.500. The number of carbonyl (C=O) groups is 2. The van der Waals surface area contributed by atoms with Crippen LogP contribution in [0.3, 0.4) is 0 Å². The Labute approximate surface area is 106 Å². The Balaban J connectivity index is 1.66. The zero-order valence-corrected chi connectivity index (χ0v) is 10.6. The largest absolute Gasteiger partial charge is 0.465 e. The third-order valence-electron chi connectivity index (χ3n) is 4.79. The summed E-state index contributed by atoms with van der Waals surface area (Å²) in [4.78, 5) is 22.8. The van der Waals surface area contributed by atoms with Gasteiger partial charge in [-0.05, 0) is 38.0 Å². The molecule has 4 nitrogen and oxygen atoms in total. The third-order valence-corrected chi connectivity index (χ3v) is 4.79. The molecule has 4 atom stereocenters. The van der Waals surface area contributed by atoms with Crippen molar-refractivity contribution in [3.8, 4) is 0 Å². The molecular formula is C14H18O4. The second-order valence-corrected chi connectivity index (χ2v) is 6.06. The second kappa shape index (κ2) is 3.84. The summed E-state index contributed by atoms with van der Waals surface area (Å²) in [5.74, 6) is 0.503. The maximum Gasteiger partial charge on any atom is 0.333 e. The van der Waals surface area contributed by atoms with E-state index in [0.29, 0.717) is 30.4 Å². The summed E-state index contributed by atoms with van der Waals surface area (Å²) in [5, 5.41) is 0. The summed E-state index contributed by atoms with van der Waals surface area (Å²) in [6, 6.07) is 0. The average Bonchev–Trinajstić information content (AvgIpc) is 2.94. The lowest BCUT2D eigenvalue weighted by Gasteiger charge is -2.34. The first kappa shape index (κ1) is 11.8. The van der Waals surface area contributed by atoms with Gasteiger partial charge >= 0.3 is 11.9 Å². The summed E-state index contributed by atoms with van der Waals surface area (Å²) < 4.78 is 10.6. The van der Waals surface area contributed by atoms with E-state index < -0.39 is 0 Å². The van der Waals surface area contributed by atoms with Gasteiger partial charge in [-0.15, -0.1) is 0 Å². The van der Waals surface area contributed by atoms with Crippen LogP contribution in [0.4, 0.5) is 0 Å². The van der Waals surface area contributed by atoms with Crippen molar-refractivity contribution in [1.82, 2.24) is 0 Å². The molecule has 3 rings (SSSR count). The normalized spacial score (nSPS) is 41.2. The Hall–Kier alpha value is -1.32. The van der Waals surface area contributed by atoms with Crippen LogP contribution in [0.1, 0.15) is 32.6 Å². The highest BCUT2D eigenvalue weighted by molar-refractivity contribution is 5.87. The van der Waals surface area contributed by atoms with E-state index in [1.807, 2.05) is 0 Å². The molecule has 3 aliphatic rings. The average molecular weight is 250 g/mol. The number of cyclic esters (lactones) is 1. The van der Waals surface area contributed by atoms with E-state index in [0.717, 1.165) is 19.3 Å². The van der Waals surface area contributed by atoms with Crippen LogP contribution < -0.4 is 0 Å². The molecule has 0 radical (unpaired) electrons. The fourth-order valence-corrected chi connectivity index (χ4v) is 3.88. The molecule has 0 aromatic rings. The zero-order chi connectivity index (χ0) is 12.9. The molecule has 0 amide bonds. The highest BCUT2D eigenvalue weighted by Gasteiger charge is 2.59. The first-order valence-electron chi connectivity index (χ1n) is 6.52. The van der Waals surface area contributed by atoms with Crippen LogP contribution in [0.15, 0.2) is 12.2 Å². The van der Waals surface area contributed by atoms with Crippen molar-refractivity contribution >= 4 is 11.9 Å². The molecule has 2 bridgehead atoms. The molecule has 1 heterocycles. The molecule has 98 valence electrons. The van der Waals surface area contributed by atoms with Crippen LogP contribution in [-0.4, -0.2) is 24.6 Å². The van der Waals surface area contributed by atoms with Gasteiger partial charge in [0.2, 0.25) is 0 Å². The van der Waals surface area contributed by atoms with Crippen molar-refractivity contribution in [2.75, 3.05) is 6.61 Å². The number of ether oxygens (including phenoxy) is 2. The minimum atomic E-state index is -0.291. The van der Waals surface area contributed by atoms with E-state index >= 15 is 0 Å². The molecule has 0 N–H and O–H groups in total. The predicted molar refractivity (Wildman–Crippen MR) is 63.5 cm³/mol. The maximum absolute atomic E-state index is 11.5. The molecule has 1 spiro atoms. The number of rotatable bonds is 2. The molecule has 2 saturated carbocycles. The summed E-state index contributed by atoms with van der Waals surface area (Å²) in [6.07, 6.45) is 3.46. The molecule has 1 aliphatic heterocycles. The van der Waals surface area contributed by atoms with Crippen LogP contribution in [0.5, 0.6) is 0 Å². The summed E-state index contributed by atoms with van der Waals surface area (Å²) >= 11 is 0. The van der Waals surface area contributed by atoms with E-state index in [2.05, 4.69) is 6.58 Å². The fourth-order valence-electron chi connectivity index (χ4n) is 3.88. The summed E-state index contributed by atoms with van der Waals surface area (Å²) in [6.45, 7) is 5.83. The van der Waals surface area contributed by atoms with Gasteiger partial charge in [0, 0.05) is 11.0 Å². The van der Waals surface area contributed by atoms with Crippen molar-refractivity contribution in [3.63, 3.8) is 0 Å². The number of hydrogen-bond acceptors (Lipinski definition) is 4. The Bertz CT molecular complexity index is 428. The smallest absolute Gasteiger partial charge is 0.333 e. The topological polar surface area (TPSA) is 52.6 Å². The Kier molecular flexibility index (Phi) is 2.50. The van der Waals surface area contributed by atoms with Gasteiger partial charge in [0.1, 0.15) is 6.10 Å². The van der Waals surface area contributed by atoms with Gasteiger partial charge in [-0.25, -0.2) is 4.79 Å². The standard InChI is InChI=1S/C14H18O4/c1-8(2)13(16)18-11-4-10-3-9(11)5-14(10)6-12(15)17-7-14/h9-11H,1,3-7H2,2H3. The van der Waals surface area contributed by atoms with Gasteiger partial charge in [-0.3, -0.25) is 4.79 Å². The molecule has 2 aliphatic carbocycles. The maximum atomic E-state index is 11.5. The van der Waals surface area contributed by atoms with Crippen LogP contribution >= 0.6 is 0 Å². The third kappa shape index (κ3) is 1.66. The number of carbonyl (C=O) groups excluding carboxylic acids is 2. The molecule has 18 heavy (non-hydrogen) atoms. The Morgan fingerprint density at radius 3 is 2.78 bits per heavy atom. The van der Waals surface area contributed by atoms with Crippen molar-refractivity contribution in [2.45, 2.75) is 38.7 Å². The molecule has 0 aromatic carbocycles. The van der Waals surface area contributed by atoms with Crippen LogP contribution in [0.2, 0.25) is 0 Å². The predicted octanol–water partition coefficient (Wildman–Crippen LogP) is 1.84. The van der Waals surface area contributed by atoms with Gasteiger partial charge in [0.15, 0.2) is 0 Å². The number of fused-ring (bicyclic) bond motifs is 3. The van der Waals surface area contributed by atoms with E-state index in [1.54, 1.807) is 6.92 Å². The monoisotopic (exact) mass is 250 g/mol. The highest BCUT2D eigenvalue weighted by atomic mass is 16.5. The van der Waals surface area contributed by atoms with Crippen molar-refractivity contribution in [1.29, 1.82) is 0 Å². The fraction of sp³-hybridized carbons (Fsp3) is 0.714. The Morgan fingerprint density at radius 1 is 1.50 bits per heavy atom. The number of hydrogen-bond donors (Lipinski definition) is 0. The zero-order valence-electron chi connectivity index (χ0n) is 10.6. The quantitative estimate of drug-likeness (QED) is 0.554. The minimum absolute atomic E-state index is 0.0144. The van der Waals surface area contributed by atoms with E-state index in [9.17, 15) is 9.59 Å². The summed E-state index contributed by atoms with van der Waals surface area (Å²) in [7, 11) is 0. The van der Waals surface area contributed by atoms with E-state index in [4.69, 9.17) is 9.47 Å². The van der Waals surface area contributed by atoms with Crippen molar-refractivity contribution < 1.29 is 19.1 Å². The van der Waals surface area contributed by atoms with Gasteiger partial charge in [0.25, 0.3) is 0 Å². The van der Waals surface area contributed by atoms with Gasteiger partial charge in [-0.1, -0.05) is 6.58 Å². The lowest BCUT2D eigenvalue weighted by molar-refractivity contribution is -0.148. The van der Waals surface area contributed by atoms with Gasteiger partial charge in [0.05, 0.1) is 13.0 Å². The lowest BCUT2D eigenvalue weighted by atomic mass is 9.72. The van der Waals surface area contributed by atoms with Crippen LogP contribution in [-0.2, 0) is 19.1 Å². The van der Waals surface area contributed by atoms with Crippen molar-refractivity contribution in [2.24, 2.45) is 17.3 Å². The molecule has 1 saturated heterocycles. The Morgan fingerprint density at radius 2 is 2.28 bits per heavy atom. The van der Waals surface area contributed by atoms with Crippen LogP contribution in [0.25, 0.3) is 0 Å². The van der Waals surface area contributed by atoms with E-state index in [-0.39, 0.29) is 23.5 Å². The van der Waals surface area contributed by atoms with Gasteiger partial charge < -0.3 is 9.47 Å². The van der Waals surface area contributed by atoms with E-state index in [1.165, 1.54) is 0 Å². The van der Waals surface area contributed by atoms with Gasteiger partial charge in [-0.2, -0.15) is 0 Å². The first-order chi connectivity index (χ1) is 8.50. The highest BCUT2D eigenvalue weighted by Crippen LogP contribution is 2.60.